The van der Waals surface area contributed by atoms with Crippen LogP contribution in [0, 0.1) is 11.8 Å². The van der Waals surface area contributed by atoms with Crippen LogP contribution in [0.2, 0.25) is 0 Å². The molecular weight excluding hydrogens is 208 g/mol. The van der Waals surface area contributed by atoms with Crippen LogP contribution in [0.15, 0.2) is 12.2 Å². The number of ether oxygens (including phenoxy) is 2. The van der Waals surface area contributed by atoms with Gasteiger partial charge in [-0.25, -0.2) is 0 Å². The van der Waals surface area contributed by atoms with Crippen LogP contribution >= 0.6 is 0 Å². The summed E-state index contributed by atoms with van der Waals surface area (Å²) < 4.78 is 9.82. The van der Waals surface area contributed by atoms with Gasteiger partial charge in [-0.15, -0.1) is 0 Å². The van der Waals surface area contributed by atoms with E-state index in [0.29, 0.717) is 0 Å². The van der Waals surface area contributed by atoms with Crippen molar-refractivity contribution >= 4 is 11.9 Å². The first kappa shape index (κ1) is 12.7. The van der Waals surface area contributed by atoms with E-state index in [1.165, 1.54) is 0 Å². The molecule has 4 heteroatoms. The smallest absolute Gasteiger partial charge is 0.320 e. The molecule has 1 rings (SSSR count). The molecule has 0 amide bonds. The van der Waals surface area contributed by atoms with Crippen molar-refractivity contribution in [2.75, 3.05) is 13.2 Å². The monoisotopic (exact) mass is 226 g/mol. The van der Waals surface area contributed by atoms with E-state index in [1.807, 2.05) is 12.2 Å². The Hall–Kier alpha value is -1.32. The van der Waals surface area contributed by atoms with Gasteiger partial charge in [0.15, 0.2) is 5.92 Å². The lowest BCUT2D eigenvalue weighted by atomic mass is 9.92. The molecule has 1 aliphatic rings. The third-order valence-corrected chi connectivity index (χ3v) is 2.56. The molecule has 0 saturated heterocycles. The largest absolute Gasteiger partial charge is 0.465 e. The highest BCUT2D eigenvalue weighted by molar-refractivity contribution is 5.95. The second kappa shape index (κ2) is 6.30. The molecule has 0 saturated carbocycles. The van der Waals surface area contributed by atoms with E-state index in [2.05, 4.69) is 0 Å². The lowest BCUT2D eigenvalue weighted by Gasteiger charge is -2.18. The second-order valence-corrected chi connectivity index (χ2v) is 3.65. The number of carbonyl (C=O) groups excluding carboxylic acids is 2. The second-order valence-electron chi connectivity index (χ2n) is 3.65. The molecule has 0 heterocycles. The van der Waals surface area contributed by atoms with Gasteiger partial charge in [-0.05, 0) is 26.7 Å². The van der Waals surface area contributed by atoms with Gasteiger partial charge in [-0.1, -0.05) is 12.2 Å². The standard InChI is InChI=1S/C12H18O4/c1-3-15-11(13)10(12(14)16-4-2)9-7-5-6-8-9/h5,7,9-10H,3-4,6,8H2,1-2H3. The quantitative estimate of drug-likeness (QED) is 0.406. The lowest BCUT2D eigenvalue weighted by Crippen LogP contribution is -2.33. The minimum atomic E-state index is -0.793. The predicted octanol–water partition coefficient (Wildman–Crippen LogP) is 1.70. The van der Waals surface area contributed by atoms with Crippen LogP contribution in [0.3, 0.4) is 0 Å². The van der Waals surface area contributed by atoms with Crippen molar-refractivity contribution in [1.82, 2.24) is 0 Å². The number of hydrogen-bond donors (Lipinski definition) is 0. The number of carbonyl (C=O) groups is 2. The molecule has 90 valence electrons. The van der Waals surface area contributed by atoms with Gasteiger partial charge < -0.3 is 9.47 Å². The van der Waals surface area contributed by atoms with E-state index in [9.17, 15) is 9.59 Å². The maximum atomic E-state index is 11.7. The van der Waals surface area contributed by atoms with Crippen molar-refractivity contribution in [2.24, 2.45) is 11.8 Å². The van der Waals surface area contributed by atoms with Gasteiger partial charge in [0.2, 0.25) is 0 Å². The minimum absolute atomic E-state index is 0.0712. The van der Waals surface area contributed by atoms with Crippen LogP contribution in [0.25, 0.3) is 0 Å². The van der Waals surface area contributed by atoms with Gasteiger partial charge in [-0.3, -0.25) is 9.59 Å². The highest BCUT2D eigenvalue weighted by Gasteiger charge is 2.36. The Balaban J connectivity index is 2.71. The van der Waals surface area contributed by atoms with Gasteiger partial charge in [0.25, 0.3) is 0 Å². The summed E-state index contributed by atoms with van der Waals surface area (Å²) in [6.45, 7) is 4.02. The van der Waals surface area contributed by atoms with Gasteiger partial charge in [0, 0.05) is 5.92 Å². The fraction of sp³-hybridized carbons (Fsp3) is 0.667. The number of allylic oxidation sites excluding steroid dienone is 2. The Labute approximate surface area is 95.6 Å². The summed E-state index contributed by atoms with van der Waals surface area (Å²) in [5.74, 6) is -1.81. The lowest BCUT2D eigenvalue weighted by molar-refractivity contribution is -0.163. The molecule has 1 atom stereocenters. The maximum absolute atomic E-state index is 11.7. The Bertz CT molecular complexity index is 265. The molecule has 0 radical (unpaired) electrons. The molecule has 1 aliphatic carbocycles. The Morgan fingerprint density at radius 1 is 1.25 bits per heavy atom. The molecule has 1 unspecified atom stereocenters. The molecule has 0 aromatic rings. The summed E-state index contributed by atoms with van der Waals surface area (Å²) in [7, 11) is 0. The van der Waals surface area contributed by atoms with E-state index in [-0.39, 0.29) is 19.1 Å². The van der Waals surface area contributed by atoms with Gasteiger partial charge in [-0.2, -0.15) is 0 Å². The molecule has 0 aromatic heterocycles. The van der Waals surface area contributed by atoms with E-state index in [1.54, 1.807) is 13.8 Å². The average molecular weight is 226 g/mol. The fourth-order valence-electron chi connectivity index (χ4n) is 1.84. The summed E-state index contributed by atoms with van der Waals surface area (Å²) in [6.07, 6.45) is 5.59. The van der Waals surface area contributed by atoms with Crippen molar-refractivity contribution in [2.45, 2.75) is 26.7 Å². The zero-order chi connectivity index (χ0) is 12.0. The zero-order valence-electron chi connectivity index (χ0n) is 9.77. The molecule has 4 nitrogen and oxygen atoms in total. The van der Waals surface area contributed by atoms with E-state index in [4.69, 9.17) is 9.47 Å². The first-order chi connectivity index (χ1) is 7.70. The molecule has 16 heavy (non-hydrogen) atoms. The summed E-state index contributed by atoms with van der Waals surface area (Å²) in [5.41, 5.74) is 0. The first-order valence-corrected chi connectivity index (χ1v) is 5.70. The van der Waals surface area contributed by atoms with Gasteiger partial charge in [0.05, 0.1) is 13.2 Å². The maximum Gasteiger partial charge on any atom is 0.320 e. The van der Waals surface area contributed by atoms with Crippen LogP contribution in [-0.4, -0.2) is 25.2 Å². The minimum Gasteiger partial charge on any atom is -0.465 e. The Morgan fingerprint density at radius 3 is 2.19 bits per heavy atom. The van der Waals surface area contributed by atoms with Crippen LogP contribution in [-0.2, 0) is 19.1 Å². The first-order valence-electron chi connectivity index (χ1n) is 5.70. The van der Waals surface area contributed by atoms with Crippen molar-refractivity contribution in [3.63, 3.8) is 0 Å². The molecule has 0 aliphatic heterocycles. The molecule has 0 spiro atoms. The summed E-state index contributed by atoms with van der Waals surface area (Å²) in [5, 5.41) is 0. The molecule has 0 N–H and O–H groups in total. The van der Waals surface area contributed by atoms with Crippen LogP contribution < -0.4 is 0 Å². The number of hydrogen-bond acceptors (Lipinski definition) is 4. The third-order valence-electron chi connectivity index (χ3n) is 2.56. The molecule has 0 aromatic carbocycles. The van der Waals surface area contributed by atoms with E-state index >= 15 is 0 Å². The SMILES string of the molecule is CCOC(=O)C(C(=O)OCC)C1C=CCC1. The van der Waals surface area contributed by atoms with Crippen LogP contribution in [0.5, 0.6) is 0 Å². The van der Waals surface area contributed by atoms with E-state index < -0.39 is 17.9 Å². The summed E-state index contributed by atoms with van der Waals surface area (Å²) in [6, 6.07) is 0. The Kier molecular flexibility index (Phi) is 5.02. The van der Waals surface area contributed by atoms with Crippen LogP contribution in [0.4, 0.5) is 0 Å². The predicted molar refractivity (Wildman–Crippen MR) is 58.6 cm³/mol. The molecule has 0 bridgehead atoms. The third kappa shape index (κ3) is 3.08. The van der Waals surface area contributed by atoms with E-state index in [0.717, 1.165) is 12.8 Å². The normalized spacial score (nSPS) is 18.8. The Morgan fingerprint density at radius 2 is 1.81 bits per heavy atom. The molecule has 0 fully saturated rings. The highest BCUT2D eigenvalue weighted by atomic mass is 16.6. The summed E-state index contributed by atoms with van der Waals surface area (Å²) in [4.78, 5) is 23.4. The average Bonchev–Trinajstić information content (AvgIpc) is 2.72. The summed E-state index contributed by atoms with van der Waals surface area (Å²) >= 11 is 0. The van der Waals surface area contributed by atoms with Crippen molar-refractivity contribution in [3.8, 4) is 0 Å². The number of rotatable bonds is 5. The fourth-order valence-corrected chi connectivity index (χ4v) is 1.84. The van der Waals surface area contributed by atoms with Gasteiger partial charge in [0.1, 0.15) is 0 Å². The highest BCUT2D eigenvalue weighted by Crippen LogP contribution is 2.27. The van der Waals surface area contributed by atoms with Gasteiger partial charge >= 0.3 is 11.9 Å². The number of esters is 2. The van der Waals surface area contributed by atoms with Crippen molar-refractivity contribution in [1.29, 1.82) is 0 Å². The van der Waals surface area contributed by atoms with Crippen molar-refractivity contribution in [3.05, 3.63) is 12.2 Å². The zero-order valence-corrected chi connectivity index (χ0v) is 9.77. The van der Waals surface area contributed by atoms with Crippen LogP contribution in [0.1, 0.15) is 26.7 Å². The topological polar surface area (TPSA) is 52.6 Å². The molecular formula is C12H18O4. The van der Waals surface area contributed by atoms with Crippen molar-refractivity contribution < 1.29 is 19.1 Å².